The number of alkyl halides is 2. The fraction of sp³-hybridized carbons (Fsp3) is 0.515. The number of allylic oxidation sites excluding steroid dienone is 2. The van der Waals surface area contributed by atoms with Crippen LogP contribution < -0.4 is 15.4 Å². The zero-order valence-corrected chi connectivity index (χ0v) is 26.5. The lowest BCUT2D eigenvalue weighted by Gasteiger charge is -2.46. The summed E-state index contributed by atoms with van der Waals surface area (Å²) < 4.78 is 47.2. The smallest absolute Gasteiger partial charge is 0.301 e. The number of aliphatic hydroxyl groups excluding tert-OH is 2. The molecule has 3 saturated heterocycles. The largest absolute Gasteiger partial charge is 0.483 e. The third-order valence-corrected chi connectivity index (χ3v) is 9.13. The standard InChI is InChI=1S/C33H39F2N7O6/c1-46-31-24(20-6-10-37-11-7-20)3-5-29(42(31)23-17-47-18-23)40-32-38-12-8-25(39-32)21-2-4-27(22(14-21)15-36)48-28-9-13-41(19-33(28,34)35)30(45)26(44)16-43/h2-5,8,12,14,20,23,26,28-29,37,43-44H,6-7,9-11,13,16-19H2,1H3,(H,38,39,40). The molecule has 3 unspecified atom stereocenters. The average molecular weight is 668 g/mol. The summed E-state index contributed by atoms with van der Waals surface area (Å²) in [5.41, 5.74) is 2.27. The van der Waals surface area contributed by atoms with Gasteiger partial charge in [0.15, 0.2) is 18.1 Å². The summed E-state index contributed by atoms with van der Waals surface area (Å²) in [7, 11) is 1.69. The zero-order valence-electron chi connectivity index (χ0n) is 26.5. The Kier molecular flexibility index (Phi) is 10.1. The zero-order chi connectivity index (χ0) is 33.8. The van der Waals surface area contributed by atoms with E-state index >= 15 is 8.78 Å². The summed E-state index contributed by atoms with van der Waals surface area (Å²) in [6.07, 6.45) is 3.94. The monoisotopic (exact) mass is 667 g/mol. The Balaban J connectivity index is 1.17. The lowest BCUT2D eigenvalue weighted by Crippen LogP contribution is -2.57. The Morgan fingerprint density at radius 3 is 2.73 bits per heavy atom. The lowest BCUT2D eigenvalue weighted by atomic mass is 9.88. The number of hydrogen-bond acceptors (Lipinski definition) is 12. The first-order valence-electron chi connectivity index (χ1n) is 16.0. The van der Waals surface area contributed by atoms with Crippen LogP contribution in [-0.2, 0) is 14.3 Å². The Bertz CT molecular complexity index is 1590. The number of aromatic nitrogens is 2. The van der Waals surface area contributed by atoms with Crippen molar-refractivity contribution < 1.29 is 38.0 Å². The van der Waals surface area contributed by atoms with Crippen LogP contribution in [0.4, 0.5) is 14.7 Å². The van der Waals surface area contributed by atoms with Crippen molar-refractivity contribution in [2.75, 3.05) is 58.4 Å². The van der Waals surface area contributed by atoms with Gasteiger partial charge in [-0.1, -0.05) is 6.08 Å². The molecule has 4 aliphatic rings. The third kappa shape index (κ3) is 6.93. The molecule has 0 bridgehead atoms. The number of nitrogens with one attached hydrogen (secondary N) is 2. The molecule has 6 rings (SSSR count). The summed E-state index contributed by atoms with van der Waals surface area (Å²) in [6.45, 7) is 1.12. The number of hydrogen-bond donors (Lipinski definition) is 4. The summed E-state index contributed by atoms with van der Waals surface area (Å²) in [5, 5.41) is 35.3. The number of halogens is 2. The van der Waals surface area contributed by atoms with Crippen molar-refractivity contribution in [3.63, 3.8) is 0 Å². The molecule has 48 heavy (non-hydrogen) atoms. The highest BCUT2D eigenvalue weighted by molar-refractivity contribution is 5.81. The van der Waals surface area contributed by atoms with Crippen LogP contribution in [0.3, 0.4) is 0 Å². The molecule has 4 N–H and O–H groups in total. The van der Waals surface area contributed by atoms with E-state index in [1.807, 2.05) is 6.07 Å². The maximum Gasteiger partial charge on any atom is 0.301 e. The van der Waals surface area contributed by atoms with Gasteiger partial charge < -0.3 is 44.9 Å². The van der Waals surface area contributed by atoms with Gasteiger partial charge in [0.25, 0.3) is 5.91 Å². The first-order valence-corrected chi connectivity index (χ1v) is 16.0. The molecule has 15 heteroatoms. The van der Waals surface area contributed by atoms with Crippen LogP contribution in [0, 0.1) is 17.2 Å². The predicted octanol–water partition coefficient (Wildman–Crippen LogP) is 1.85. The van der Waals surface area contributed by atoms with Crippen molar-refractivity contribution in [2.45, 2.75) is 49.6 Å². The van der Waals surface area contributed by atoms with Crippen LogP contribution in [0.5, 0.6) is 5.75 Å². The number of nitriles is 1. The third-order valence-electron chi connectivity index (χ3n) is 9.13. The molecular formula is C33H39F2N7O6. The van der Waals surface area contributed by atoms with E-state index in [0.717, 1.165) is 36.7 Å². The minimum absolute atomic E-state index is 0.0253. The number of aliphatic hydroxyl groups is 2. The molecule has 3 atom stereocenters. The molecule has 0 aliphatic carbocycles. The minimum atomic E-state index is -3.46. The highest BCUT2D eigenvalue weighted by Gasteiger charge is 2.48. The predicted molar refractivity (Wildman–Crippen MR) is 168 cm³/mol. The molecule has 5 heterocycles. The minimum Gasteiger partial charge on any atom is -0.483 e. The Labute approximate surface area is 276 Å². The number of benzene rings is 1. The molecule has 3 fully saturated rings. The highest BCUT2D eigenvalue weighted by atomic mass is 19.3. The van der Waals surface area contributed by atoms with E-state index in [1.165, 1.54) is 17.7 Å². The second-order valence-corrected chi connectivity index (χ2v) is 12.2. The Hall–Kier alpha value is -4.36. The topological polar surface area (TPSA) is 165 Å². The van der Waals surface area contributed by atoms with E-state index in [-0.39, 0.29) is 36.5 Å². The Morgan fingerprint density at radius 1 is 1.27 bits per heavy atom. The van der Waals surface area contributed by atoms with E-state index in [1.54, 1.807) is 25.4 Å². The van der Waals surface area contributed by atoms with E-state index < -0.39 is 37.2 Å². The van der Waals surface area contributed by atoms with E-state index in [0.29, 0.717) is 36.3 Å². The van der Waals surface area contributed by atoms with Crippen LogP contribution >= 0.6 is 0 Å². The van der Waals surface area contributed by atoms with Crippen LogP contribution in [-0.4, -0.2) is 119 Å². The lowest BCUT2D eigenvalue weighted by molar-refractivity contribution is -0.167. The maximum atomic E-state index is 15.0. The van der Waals surface area contributed by atoms with Gasteiger partial charge in [-0.3, -0.25) is 4.79 Å². The fourth-order valence-corrected chi connectivity index (χ4v) is 6.49. The number of rotatable bonds is 10. The van der Waals surface area contributed by atoms with Crippen LogP contribution in [0.1, 0.15) is 24.8 Å². The number of nitrogens with zero attached hydrogens (tertiary/aromatic N) is 5. The van der Waals surface area contributed by atoms with Crippen LogP contribution in [0.25, 0.3) is 11.3 Å². The van der Waals surface area contributed by atoms with Crippen molar-refractivity contribution in [2.24, 2.45) is 5.92 Å². The summed E-state index contributed by atoms with van der Waals surface area (Å²) in [4.78, 5) is 24.2. The molecule has 256 valence electrons. The molecule has 1 aromatic carbocycles. The van der Waals surface area contributed by atoms with Gasteiger partial charge in [0.1, 0.15) is 18.0 Å². The number of amides is 1. The fourth-order valence-electron chi connectivity index (χ4n) is 6.49. The number of ether oxygens (including phenoxy) is 3. The van der Waals surface area contributed by atoms with Crippen molar-refractivity contribution in [1.29, 1.82) is 5.26 Å². The number of carbonyl (C=O) groups is 1. The normalized spacial score (nSPS) is 23.7. The molecule has 1 amide bonds. The van der Waals surface area contributed by atoms with Crippen LogP contribution in [0.2, 0.25) is 0 Å². The number of methoxy groups -OCH3 is 1. The molecule has 13 nitrogen and oxygen atoms in total. The SMILES string of the molecule is COC1=C(C2CCNCC2)C=CC(Nc2nccc(-c3ccc(OC4CCN(C(=O)C(O)CO)CC4(F)F)c(C#N)c3)n2)N1C1COC1. The van der Waals surface area contributed by atoms with E-state index in [4.69, 9.17) is 24.3 Å². The first-order chi connectivity index (χ1) is 23.2. The summed E-state index contributed by atoms with van der Waals surface area (Å²) in [6, 6.07) is 8.42. The molecule has 4 aliphatic heterocycles. The van der Waals surface area contributed by atoms with E-state index in [2.05, 4.69) is 32.7 Å². The van der Waals surface area contributed by atoms with Gasteiger partial charge >= 0.3 is 5.92 Å². The van der Waals surface area contributed by atoms with Crippen molar-refractivity contribution >= 4 is 11.9 Å². The molecular weight excluding hydrogens is 628 g/mol. The quantitative estimate of drug-likeness (QED) is 0.291. The highest BCUT2D eigenvalue weighted by Crippen LogP contribution is 2.36. The van der Waals surface area contributed by atoms with Crippen LogP contribution in [0.15, 0.2) is 54.1 Å². The second-order valence-electron chi connectivity index (χ2n) is 12.2. The molecule has 1 aromatic heterocycles. The summed E-state index contributed by atoms with van der Waals surface area (Å²) >= 11 is 0. The number of piperidine rings is 2. The van der Waals surface area contributed by atoms with E-state index in [9.17, 15) is 15.2 Å². The second kappa shape index (κ2) is 14.4. The van der Waals surface area contributed by atoms with Crippen molar-refractivity contribution in [3.05, 3.63) is 59.6 Å². The number of likely N-dealkylation sites (tertiary alicyclic amines) is 1. The molecule has 2 aromatic rings. The van der Waals surface area contributed by atoms with Gasteiger partial charge in [0.2, 0.25) is 5.95 Å². The number of carbonyl (C=O) groups excluding carboxylic acids is 1. The van der Waals surface area contributed by atoms with Crippen molar-refractivity contribution in [1.82, 2.24) is 25.1 Å². The van der Waals surface area contributed by atoms with Gasteiger partial charge in [-0.2, -0.15) is 5.26 Å². The maximum absolute atomic E-state index is 15.0. The average Bonchev–Trinajstić information content (AvgIpc) is 3.08. The van der Waals surface area contributed by atoms with Gasteiger partial charge in [0.05, 0.1) is 50.8 Å². The van der Waals surface area contributed by atoms with Gasteiger partial charge in [-0.25, -0.2) is 18.7 Å². The Morgan fingerprint density at radius 2 is 2.06 bits per heavy atom. The number of anilines is 1. The van der Waals surface area contributed by atoms with Gasteiger partial charge in [-0.05, 0) is 62.2 Å². The van der Waals surface area contributed by atoms with Gasteiger partial charge in [-0.15, -0.1) is 0 Å². The van der Waals surface area contributed by atoms with Gasteiger partial charge in [0, 0.05) is 30.3 Å². The van der Waals surface area contributed by atoms with Crippen molar-refractivity contribution in [3.8, 4) is 23.1 Å². The first kappa shape index (κ1) is 33.5. The molecule has 0 spiro atoms. The molecule has 0 radical (unpaired) electrons. The molecule has 0 saturated carbocycles. The summed E-state index contributed by atoms with van der Waals surface area (Å²) in [5.74, 6) is -2.91.